The van der Waals surface area contributed by atoms with Crippen molar-refractivity contribution in [2.45, 2.75) is 31.7 Å². The van der Waals surface area contributed by atoms with E-state index in [4.69, 9.17) is 17.3 Å². The van der Waals surface area contributed by atoms with Gasteiger partial charge >= 0.3 is 0 Å². The van der Waals surface area contributed by atoms with E-state index >= 15 is 0 Å². The SMILES string of the molecule is Nc1cc(F)c(Cl)cc1NCCCC(=O)NC1CC1. The van der Waals surface area contributed by atoms with E-state index in [-0.39, 0.29) is 10.9 Å². The van der Waals surface area contributed by atoms with Crippen LogP contribution in [-0.2, 0) is 4.79 Å². The fourth-order valence-electron chi connectivity index (χ4n) is 1.71. The summed E-state index contributed by atoms with van der Waals surface area (Å²) in [5.41, 5.74) is 6.57. The van der Waals surface area contributed by atoms with E-state index in [1.165, 1.54) is 12.1 Å². The zero-order valence-corrected chi connectivity index (χ0v) is 11.3. The molecular weight excluding hydrogens is 269 g/mol. The van der Waals surface area contributed by atoms with E-state index < -0.39 is 5.82 Å². The van der Waals surface area contributed by atoms with E-state index in [1.807, 2.05) is 0 Å². The van der Waals surface area contributed by atoms with Gasteiger partial charge in [0.25, 0.3) is 0 Å². The molecule has 1 aromatic rings. The molecule has 0 aromatic heterocycles. The lowest BCUT2D eigenvalue weighted by Crippen LogP contribution is -2.25. The van der Waals surface area contributed by atoms with Gasteiger partial charge in [0.1, 0.15) is 5.82 Å². The van der Waals surface area contributed by atoms with Crippen molar-refractivity contribution in [3.63, 3.8) is 0 Å². The smallest absolute Gasteiger partial charge is 0.220 e. The molecule has 0 atom stereocenters. The molecule has 0 radical (unpaired) electrons. The number of hydrogen-bond acceptors (Lipinski definition) is 3. The number of nitrogen functional groups attached to an aromatic ring is 1. The summed E-state index contributed by atoms with van der Waals surface area (Å²) in [5.74, 6) is -0.456. The molecule has 2 rings (SSSR count). The highest BCUT2D eigenvalue weighted by Gasteiger charge is 2.22. The molecule has 0 unspecified atom stereocenters. The fourth-order valence-corrected chi connectivity index (χ4v) is 1.88. The third kappa shape index (κ3) is 4.28. The second-order valence-electron chi connectivity index (χ2n) is 4.73. The summed E-state index contributed by atoms with van der Waals surface area (Å²) in [6.45, 7) is 0.588. The zero-order chi connectivity index (χ0) is 13.8. The van der Waals surface area contributed by atoms with Gasteiger partial charge in [0.15, 0.2) is 0 Å². The number of nitrogens with two attached hydrogens (primary N) is 1. The van der Waals surface area contributed by atoms with Crippen LogP contribution in [0.15, 0.2) is 12.1 Å². The van der Waals surface area contributed by atoms with Gasteiger partial charge in [0.05, 0.1) is 16.4 Å². The minimum Gasteiger partial charge on any atom is -0.397 e. The van der Waals surface area contributed by atoms with Crippen molar-refractivity contribution in [3.05, 3.63) is 23.0 Å². The summed E-state index contributed by atoms with van der Waals surface area (Å²) in [7, 11) is 0. The lowest BCUT2D eigenvalue weighted by atomic mass is 10.2. The zero-order valence-electron chi connectivity index (χ0n) is 10.5. The molecule has 0 aliphatic heterocycles. The first-order chi connectivity index (χ1) is 9.06. The summed E-state index contributed by atoms with van der Waals surface area (Å²) >= 11 is 5.68. The first-order valence-corrected chi connectivity index (χ1v) is 6.72. The summed E-state index contributed by atoms with van der Waals surface area (Å²) < 4.78 is 13.1. The maximum absolute atomic E-state index is 13.1. The predicted octanol–water partition coefficient (Wildman–Crippen LogP) is 2.53. The highest BCUT2D eigenvalue weighted by atomic mass is 35.5. The van der Waals surface area contributed by atoms with Crippen LogP contribution in [0.4, 0.5) is 15.8 Å². The van der Waals surface area contributed by atoms with Crippen LogP contribution in [0.5, 0.6) is 0 Å². The Labute approximate surface area is 116 Å². The molecule has 1 amide bonds. The minimum absolute atomic E-state index is 0.0307. The number of benzene rings is 1. The standard InChI is InChI=1S/C13H17ClFN3O/c14-9-6-12(11(16)7-10(9)15)17-5-1-2-13(19)18-8-3-4-8/h6-8,17H,1-5,16H2,(H,18,19). The largest absolute Gasteiger partial charge is 0.397 e. The van der Waals surface area contributed by atoms with Crippen LogP contribution < -0.4 is 16.4 Å². The molecule has 19 heavy (non-hydrogen) atoms. The molecular formula is C13H17ClFN3O. The van der Waals surface area contributed by atoms with E-state index in [2.05, 4.69) is 10.6 Å². The van der Waals surface area contributed by atoms with E-state index in [0.717, 1.165) is 12.8 Å². The molecule has 0 heterocycles. The third-order valence-corrected chi connectivity index (χ3v) is 3.22. The van der Waals surface area contributed by atoms with Crippen molar-refractivity contribution in [2.24, 2.45) is 0 Å². The number of carbonyl (C=O) groups excluding carboxylic acids is 1. The summed E-state index contributed by atoms with van der Waals surface area (Å²) in [6, 6.07) is 3.04. The molecule has 1 aliphatic rings. The summed E-state index contributed by atoms with van der Waals surface area (Å²) in [6.07, 6.45) is 3.34. The molecule has 1 aromatic carbocycles. The highest BCUT2D eigenvalue weighted by Crippen LogP contribution is 2.26. The van der Waals surface area contributed by atoms with Crippen LogP contribution >= 0.6 is 11.6 Å². The molecule has 4 N–H and O–H groups in total. The van der Waals surface area contributed by atoms with Gasteiger partial charge in [0.2, 0.25) is 5.91 Å². The van der Waals surface area contributed by atoms with E-state index in [0.29, 0.717) is 36.8 Å². The number of halogens is 2. The molecule has 1 aliphatic carbocycles. The van der Waals surface area contributed by atoms with Crippen molar-refractivity contribution in [3.8, 4) is 0 Å². The van der Waals surface area contributed by atoms with Gasteiger partial charge in [-0.05, 0) is 25.3 Å². The Morgan fingerprint density at radius 3 is 2.89 bits per heavy atom. The van der Waals surface area contributed by atoms with Gasteiger partial charge in [-0.15, -0.1) is 0 Å². The predicted molar refractivity (Wildman–Crippen MR) is 74.7 cm³/mol. The number of nitrogens with one attached hydrogen (secondary N) is 2. The number of anilines is 2. The maximum Gasteiger partial charge on any atom is 0.220 e. The lowest BCUT2D eigenvalue weighted by molar-refractivity contribution is -0.121. The Morgan fingerprint density at radius 1 is 1.47 bits per heavy atom. The second-order valence-corrected chi connectivity index (χ2v) is 5.13. The van der Waals surface area contributed by atoms with Gasteiger partial charge < -0.3 is 16.4 Å². The lowest BCUT2D eigenvalue weighted by Gasteiger charge is -2.10. The van der Waals surface area contributed by atoms with E-state index in [1.54, 1.807) is 0 Å². The average molecular weight is 286 g/mol. The minimum atomic E-state index is -0.534. The van der Waals surface area contributed by atoms with Crippen LogP contribution in [0.25, 0.3) is 0 Å². The van der Waals surface area contributed by atoms with Gasteiger partial charge in [-0.1, -0.05) is 11.6 Å². The highest BCUT2D eigenvalue weighted by molar-refractivity contribution is 6.31. The third-order valence-electron chi connectivity index (χ3n) is 2.93. The second kappa shape index (κ2) is 6.10. The molecule has 1 saturated carbocycles. The Bertz CT molecular complexity index is 477. The molecule has 0 saturated heterocycles. The van der Waals surface area contributed by atoms with Crippen LogP contribution in [0.1, 0.15) is 25.7 Å². The average Bonchev–Trinajstić information content (AvgIpc) is 3.14. The van der Waals surface area contributed by atoms with E-state index in [9.17, 15) is 9.18 Å². The molecule has 104 valence electrons. The molecule has 6 heteroatoms. The van der Waals surface area contributed by atoms with Crippen LogP contribution in [0.3, 0.4) is 0 Å². The first kappa shape index (κ1) is 13.9. The Kier molecular flexibility index (Phi) is 4.47. The van der Waals surface area contributed by atoms with Gasteiger partial charge in [-0.25, -0.2) is 4.39 Å². The molecule has 0 spiro atoms. The Balaban J connectivity index is 1.72. The van der Waals surface area contributed by atoms with Gasteiger partial charge in [-0.2, -0.15) is 0 Å². The Hall–Kier alpha value is -1.49. The monoisotopic (exact) mass is 285 g/mol. The first-order valence-electron chi connectivity index (χ1n) is 6.34. The van der Waals surface area contributed by atoms with Crippen LogP contribution in [0, 0.1) is 5.82 Å². The van der Waals surface area contributed by atoms with Gasteiger partial charge in [-0.3, -0.25) is 4.79 Å². The molecule has 1 fully saturated rings. The maximum atomic E-state index is 13.1. The van der Waals surface area contributed by atoms with Crippen molar-refractivity contribution >= 4 is 28.9 Å². The van der Waals surface area contributed by atoms with Crippen molar-refractivity contribution < 1.29 is 9.18 Å². The Morgan fingerprint density at radius 2 is 2.21 bits per heavy atom. The van der Waals surface area contributed by atoms with Crippen molar-refractivity contribution in [1.29, 1.82) is 0 Å². The molecule has 4 nitrogen and oxygen atoms in total. The number of amides is 1. The normalized spacial score (nSPS) is 14.2. The quantitative estimate of drug-likeness (QED) is 0.556. The van der Waals surface area contributed by atoms with Crippen molar-refractivity contribution in [1.82, 2.24) is 5.32 Å². The molecule has 0 bridgehead atoms. The summed E-state index contributed by atoms with van der Waals surface area (Å²) in [5, 5.41) is 6.00. The van der Waals surface area contributed by atoms with Crippen molar-refractivity contribution in [2.75, 3.05) is 17.6 Å². The number of rotatable bonds is 6. The topological polar surface area (TPSA) is 67.1 Å². The van der Waals surface area contributed by atoms with Crippen LogP contribution in [0.2, 0.25) is 5.02 Å². The number of hydrogen-bond donors (Lipinski definition) is 3. The number of carbonyl (C=O) groups is 1. The van der Waals surface area contributed by atoms with Crippen LogP contribution in [-0.4, -0.2) is 18.5 Å². The fraction of sp³-hybridized carbons (Fsp3) is 0.462. The summed E-state index contributed by atoms with van der Waals surface area (Å²) in [4.78, 5) is 11.4. The van der Waals surface area contributed by atoms with Gasteiger partial charge in [0, 0.05) is 25.1 Å².